The SMILES string of the molecule is CC1(C)C[C@@H]1C(=O)N1CCCCC1C(=O)O. The predicted octanol–water partition coefficient (Wildman–Crippen LogP) is 1.50. The van der Waals surface area contributed by atoms with Gasteiger partial charge in [-0.2, -0.15) is 0 Å². The number of aliphatic carboxylic acids is 1. The van der Waals surface area contributed by atoms with E-state index in [1.807, 2.05) is 0 Å². The van der Waals surface area contributed by atoms with Gasteiger partial charge >= 0.3 is 5.97 Å². The topological polar surface area (TPSA) is 57.6 Å². The summed E-state index contributed by atoms with van der Waals surface area (Å²) in [5, 5.41) is 9.10. The number of carbonyl (C=O) groups is 2. The number of hydrogen-bond donors (Lipinski definition) is 1. The Hall–Kier alpha value is -1.06. The Morgan fingerprint density at radius 1 is 1.31 bits per heavy atom. The zero-order valence-electron chi connectivity index (χ0n) is 9.90. The van der Waals surface area contributed by atoms with Gasteiger partial charge in [-0.15, -0.1) is 0 Å². The first kappa shape index (κ1) is 11.4. The maximum Gasteiger partial charge on any atom is 0.326 e. The highest BCUT2D eigenvalue weighted by atomic mass is 16.4. The van der Waals surface area contributed by atoms with Crippen LogP contribution in [0.25, 0.3) is 0 Å². The number of hydrogen-bond acceptors (Lipinski definition) is 2. The van der Waals surface area contributed by atoms with Crippen molar-refractivity contribution in [3.05, 3.63) is 0 Å². The van der Waals surface area contributed by atoms with Crippen molar-refractivity contribution in [2.45, 2.75) is 45.6 Å². The van der Waals surface area contributed by atoms with E-state index in [1.165, 1.54) is 0 Å². The molecule has 1 saturated heterocycles. The first-order chi connectivity index (χ1) is 7.43. The Morgan fingerprint density at radius 3 is 2.44 bits per heavy atom. The average Bonchev–Trinajstić information content (AvgIpc) is 2.86. The quantitative estimate of drug-likeness (QED) is 0.774. The highest BCUT2D eigenvalue weighted by Crippen LogP contribution is 2.52. The third-order valence-corrected chi connectivity index (χ3v) is 3.88. The van der Waals surface area contributed by atoms with Crippen molar-refractivity contribution in [2.75, 3.05) is 6.54 Å². The van der Waals surface area contributed by atoms with Gasteiger partial charge in [0.15, 0.2) is 0 Å². The minimum Gasteiger partial charge on any atom is -0.480 e. The Labute approximate surface area is 95.6 Å². The summed E-state index contributed by atoms with van der Waals surface area (Å²) in [6.45, 7) is 4.74. The van der Waals surface area contributed by atoms with Crippen molar-refractivity contribution in [3.8, 4) is 0 Å². The van der Waals surface area contributed by atoms with E-state index < -0.39 is 12.0 Å². The third kappa shape index (κ3) is 1.93. The van der Waals surface area contributed by atoms with Crippen LogP contribution in [-0.4, -0.2) is 34.5 Å². The van der Waals surface area contributed by atoms with Gasteiger partial charge in [0.25, 0.3) is 0 Å². The molecule has 1 aliphatic heterocycles. The van der Waals surface area contributed by atoms with E-state index >= 15 is 0 Å². The van der Waals surface area contributed by atoms with E-state index in [-0.39, 0.29) is 17.2 Å². The molecule has 0 aromatic heterocycles. The molecule has 4 nitrogen and oxygen atoms in total. The fourth-order valence-corrected chi connectivity index (χ4v) is 2.54. The number of piperidine rings is 1. The van der Waals surface area contributed by atoms with E-state index in [1.54, 1.807) is 4.90 Å². The molecule has 2 atom stereocenters. The Morgan fingerprint density at radius 2 is 1.94 bits per heavy atom. The van der Waals surface area contributed by atoms with Crippen LogP contribution in [0.15, 0.2) is 0 Å². The molecule has 1 saturated carbocycles. The summed E-state index contributed by atoms with van der Waals surface area (Å²) >= 11 is 0. The molecule has 1 heterocycles. The predicted molar refractivity (Wildman–Crippen MR) is 58.9 cm³/mol. The Balaban J connectivity index is 2.06. The van der Waals surface area contributed by atoms with Crippen LogP contribution in [0.3, 0.4) is 0 Å². The minimum atomic E-state index is -0.855. The molecule has 0 spiro atoms. The number of carboxylic acid groups (broad SMARTS) is 1. The molecule has 2 rings (SSSR count). The van der Waals surface area contributed by atoms with Crippen LogP contribution in [0.1, 0.15) is 39.5 Å². The lowest BCUT2D eigenvalue weighted by atomic mass is 10.0. The lowest BCUT2D eigenvalue weighted by molar-refractivity contribution is -0.153. The van der Waals surface area contributed by atoms with E-state index in [0.717, 1.165) is 19.3 Å². The van der Waals surface area contributed by atoms with Gasteiger partial charge in [0.2, 0.25) is 5.91 Å². The first-order valence-electron chi connectivity index (χ1n) is 5.97. The number of rotatable bonds is 2. The van der Waals surface area contributed by atoms with E-state index in [9.17, 15) is 9.59 Å². The number of carboxylic acids is 1. The van der Waals surface area contributed by atoms with Crippen LogP contribution in [0.4, 0.5) is 0 Å². The molecule has 0 radical (unpaired) electrons. The Bertz CT molecular complexity index is 324. The van der Waals surface area contributed by atoms with Gasteiger partial charge in [0.1, 0.15) is 6.04 Å². The Kier molecular flexibility index (Phi) is 2.68. The van der Waals surface area contributed by atoms with Crippen LogP contribution >= 0.6 is 0 Å². The molecule has 2 aliphatic rings. The summed E-state index contributed by atoms with van der Waals surface area (Å²) in [6, 6.07) is -0.586. The second kappa shape index (κ2) is 3.75. The average molecular weight is 225 g/mol. The standard InChI is InChI=1S/C12H19NO3/c1-12(2)7-8(12)10(14)13-6-4-3-5-9(13)11(15)16/h8-9H,3-7H2,1-2H3,(H,15,16)/t8-,9?/m1/s1. The van der Waals surface area contributed by atoms with Gasteiger partial charge in [-0.1, -0.05) is 13.8 Å². The van der Waals surface area contributed by atoms with Crippen molar-refractivity contribution < 1.29 is 14.7 Å². The fourth-order valence-electron chi connectivity index (χ4n) is 2.54. The molecule has 4 heteroatoms. The first-order valence-corrected chi connectivity index (χ1v) is 5.97. The van der Waals surface area contributed by atoms with E-state index in [2.05, 4.69) is 13.8 Å². The molecule has 1 amide bonds. The monoisotopic (exact) mass is 225 g/mol. The fraction of sp³-hybridized carbons (Fsp3) is 0.833. The van der Waals surface area contributed by atoms with Crippen LogP contribution in [0, 0.1) is 11.3 Å². The molecule has 16 heavy (non-hydrogen) atoms. The van der Waals surface area contributed by atoms with Crippen LogP contribution in [0.5, 0.6) is 0 Å². The molecule has 1 N–H and O–H groups in total. The number of amides is 1. The minimum absolute atomic E-state index is 0.0486. The maximum atomic E-state index is 12.2. The van der Waals surface area contributed by atoms with Crippen molar-refractivity contribution >= 4 is 11.9 Å². The second-order valence-electron chi connectivity index (χ2n) is 5.63. The summed E-state index contributed by atoms with van der Waals surface area (Å²) in [5.41, 5.74) is 0.0809. The van der Waals surface area contributed by atoms with Gasteiger partial charge in [-0.3, -0.25) is 4.79 Å². The molecule has 90 valence electrons. The van der Waals surface area contributed by atoms with Gasteiger partial charge in [-0.25, -0.2) is 4.79 Å². The summed E-state index contributed by atoms with van der Waals surface area (Å²) in [7, 11) is 0. The number of carbonyl (C=O) groups excluding carboxylic acids is 1. The summed E-state index contributed by atoms with van der Waals surface area (Å²) in [6.07, 6.45) is 3.35. The largest absolute Gasteiger partial charge is 0.480 e. The maximum absolute atomic E-state index is 12.2. The van der Waals surface area contributed by atoms with Gasteiger partial charge in [-0.05, 0) is 31.1 Å². The molecule has 0 bridgehead atoms. The number of nitrogens with zero attached hydrogens (tertiary/aromatic N) is 1. The van der Waals surface area contributed by atoms with E-state index in [0.29, 0.717) is 13.0 Å². The molecule has 0 aromatic carbocycles. The third-order valence-electron chi connectivity index (χ3n) is 3.88. The molecule has 0 aromatic rings. The van der Waals surface area contributed by atoms with Crippen molar-refractivity contribution in [1.82, 2.24) is 4.90 Å². The molecular weight excluding hydrogens is 206 g/mol. The molecule has 2 fully saturated rings. The van der Waals surface area contributed by atoms with Crippen molar-refractivity contribution in [1.29, 1.82) is 0 Å². The summed E-state index contributed by atoms with van der Waals surface area (Å²) in [4.78, 5) is 24.8. The van der Waals surface area contributed by atoms with Crippen LogP contribution < -0.4 is 0 Å². The van der Waals surface area contributed by atoms with Crippen molar-refractivity contribution in [2.24, 2.45) is 11.3 Å². The zero-order valence-corrected chi connectivity index (χ0v) is 9.90. The molecular formula is C12H19NO3. The normalized spacial score (nSPS) is 32.2. The summed E-state index contributed by atoms with van der Waals surface area (Å²) in [5.74, 6) is -0.754. The van der Waals surface area contributed by atoms with Gasteiger partial charge < -0.3 is 10.0 Å². The molecule has 1 aliphatic carbocycles. The van der Waals surface area contributed by atoms with Gasteiger partial charge in [0, 0.05) is 12.5 Å². The number of likely N-dealkylation sites (tertiary alicyclic amines) is 1. The highest BCUT2D eigenvalue weighted by Gasteiger charge is 2.53. The lowest BCUT2D eigenvalue weighted by Crippen LogP contribution is -2.49. The lowest BCUT2D eigenvalue weighted by Gasteiger charge is -2.33. The van der Waals surface area contributed by atoms with Crippen LogP contribution in [-0.2, 0) is 9.59 Å². The van der Waals surface area contributed by atoms with E-state index in [4.69, 9.17) is 5.11 Å². The van der Waals surface area contributed by atoms with Crippen molar-refractivity contribution in [3.63, 3.8) is 0 Å². The smallest absolute Gasteiger partial charge is 0.326 e. The molecule has 1 unspecified atom stereocenters. The van der Waals surface area contributed by atoms with Gasteiger partial charge in [0.05, 0.1) is 0 Å². The highest BCUT2D eigenvalue weighted by molar-refractivity contribution is 5.87. The second-order valence-corrected chi connectivity index (χ2v) is 5.63. The zero-order chi connectivity index (χ0) is 11.9. The van der Waals surface area contributed by atoms with Crippen LogP contribution in [0.2, 0.25) is 0 Å². The summed E-state index contributed by atoms with van der Waals surface area (Å²) < 4.78 is 0.